The minimum Gasteiger partial charge on any atom is -0.134 e. The number of thiophene rings is 8. The molecule has 0 bridgehead atoms. The third-order valence-electron chi connectivity index (χ3n) is 31.8. The van der Waals surface area contributed by atoms with Crippen LogP contribution in [0.4, 0.5) is 0 Å². The van der Waals surface area contributed by atoms with Crippen LogP contribution in [-0.2, 0) is 36.5 Å². The molecule has 15 aromatic rings. The van der Waals surface area contributed by atoms with Crippen molar-refractivity contribution in [3.8, 4) is 61.3 Å². The molecule has 0 saturated heterocycles. The highest BCUT2D eigenvalue weighted by molar-refractivity contribution is 7.42. The first kappa shape index (κ1) is 105. The Balaban J connectivity index is 0.754. The summed E-state index contributed by atoms with van der Waals surface area (Å²) in [5.41, 5.74) is 21.7. The number of aryl methyl sites for hydroxylation is 4. The van der Waals surface area contributed by atoms with Gasteiger partial charge in [-0.2, -0.15) is 0 Å². The fourth-order valence-electron chi connectivity index (χ4n) is 23.7. The maximum absolute atomic E-state index is 2.87. The molecule has 0 saturated carbocycles. The molecule has 0 nitrogen and oxygen atoms in total. The summed E-state index contributed by atoms with van der Waals surface area (Å²) in [6.07, 6.45) is 81.9. The van der Waals surface area contributed by atoms with Crippen molar-refractivity contribution in [3.05, 3.63) is 273 Å². The highest BCUT2D eigenvalue weighted by Gasteiger charge is 2.55. The number of benzene rings is 7. The Morgan fingerprint density at radius 3 is 0.700 bits per heavy atom. The SMILES string of the molecule is CCCCCCCCCCCCCCCCc1ccc(C2(c3ccc(CCCCCCCCCCCCCCCC)cc3)c3cc4c(cc3-c3sc5c(sc6cc(-c7ccccc7)sc65)c32)C(c2ccc(CCCCCCCCCCCCCCCC)cc2)(c2ccc(CCCCCCCCCCCCCCCC)cc2)c2c-4sc3c2sc2cc(-c4ccc(-c5ccc(-c6ccccc6)s5)s4)sc23)cc1. The van der Waals surface area contributed by atoms with E-state index in [1.807, 2.05) is 45.3 Å². The van der Waals surface area contributed by atoms with E-state index < -0.39 is 10.8 Å². The lowest BCUT2D eigenvalue weighted by molar-refractivity contribution is 0.535. The molecular formula is C132H166S8. The average molecular weight is 2010 g/mol. The molecule has 742 valence electrons. The fourth-order valence-corrected chi connectivity index (χ4v) is 34.7. The monoisotopic (exact) mass is 2010 g/mol. The van der Waals surface area contributed by atoms with E-state index in [1.165, 1.54) is 525 Å². The predicted octanol–water partition coefficient (Wildman–Crippen LogP) is 46.3. The van der Waals surface area contributed by atoms with Crippen LogP contribution >= 0.6 is 90.7 Å². The third kappa shape index (κ3) is 26.2. The predicted molar refractivity (Wildman–Crippen MR) is 632 cm³/mol. The normalized spacial score (nSPS) is 13.1. The molecule has 8 heteroatoms. The van der Waals surface area contributed by atoms with Crippen molar-refractivity contribution in [1.29, 1.82) is 0 Å². The molecule has 0 unspecified atom stereocenters. The van der Waals surface area contributed by atoms with Crippen molar-refractivity contribution < 1.29 is 0 Å². The van der Waals surface area contributed by atoms with Gasteiger partial charge in [-0.05, 0) is 178 Å². The van der Waals surface area contributed by atoms with E-state index in [1.54, 1.807) is 0 Å². The quantitative estimate of drug-likeness (QED) is 0.0333. The minimum atomic E-state index is -0.619. The number of rotatable bonds is 68. The topological polar surface area (TPSA) is 0 Å². The lowest BCUT2D eigenvalue weighted by Crippen LogP contribution is -2.30. The Kier molecular flexibility index (Phi) is 41.1. The van der Waals surface area contributed by atoms with Gasteiger partial charge in [-0.15, -0.1) is 90.7 Å². The zero-order chi connectivity index (χ0) is 95.6. The molecule has 17 rings (SSSR count). The lowest BCUT2D eigenvalue weighted by atomic mass is 9.65. The Bertz CT molecular complexity index is 5980. The maximum Gasteiger partial charge on any atom is 0.0736 e. The van der Waals surface area contributed by atoms with Crippen molar-refractivity contribution in [2.45, 2.75) is 424 Å². The van der Waals surface area contributed by atoms with E-state index in [4.69, 9.17) is 0 Å². The molecule has 8 heterocycles. The summed E-state index contributed by atoms with van der Waals surface area (Å²) < 4.78 is 11.6. The molecule has 7 aromatic carbocycles. The van der Waals surface area contributed by atoms with Gasteiger partial charge in [0.1, 0.15) is 0 Å². The second-order valence-corrected chi connectivity index (χ2v) is 50.8. The summed E-state index contributed by atoms with van der Waals surface area (Å²) in [5, 5.41) is 0. The maximum atomic E-state index is 2.87. The lowest BCUT2D eigenvalue weighted by Gasteiger charge is -2.36. The van der Waals surface area contributed by atoms with Crippen LogP contribution in [0, 0.1) is 0 Å². The van der Waals surface area contributed by atoms with E-state index in [9.17, 15) is 0 Å². The largest absolute Gasteiger partial charge is 0.134 e. The number of hydrogen-bond donors (Lipinski definition) is 0. The van der Waals surface area contributed by atoms with Crippen LogP contribution in [0.1, 0.15) is 454 Å². The summed E-state index contributed by atoms with van der Waals surface area (Å²) in [4.78, 5) is 11.1. The van der Waals surface area contributed by atoms with E-state index in [0.717, 1.165) is 25.7 Å². The summed E-state index contributed by atoms with van der Waals surface area (Å²) in [7, 11) is 0. The number of fused-ring (bicyclic) bond motifs is 14. The first-order chi connectivity index (χ1) is 69.4. The third-order valence-corrected chi connectivity index (χ3v) is 42.3. The zero-order valence-electron chi connectivity index (χ0n) is 86.3. The van der Waals surface area contributed by atoms with Gasteiger partial charge in [-0.25, -0.2) is 0 Å². The van der Waals surface area contributed by atoms with Crippen LogP contribution in [0.2, 0.25) is 0 Å². The molecule has 0 spiro atoms. The van der Waals surface area contributed by atoms with Crippen LogP contribution in [0.25, 0.3) is 98.9 Å². The standard InChI is InChI=1S/C132H166S8/c1-5-9-13-17-21-25-29-33-37-41-45-49-53-59-67-99-75-83-105(84-76-99)131(106-85-77-100(78-86-106)68-60-54-50-46-42-38-34-30-26-22-18-14-10-6-2)111-96-110-112(95-109(111)123-121(131)127-129(139-123)125-119(137-127)97-117(135-125)104-73-65-58-66-74-104)132(107-87-79-101(80-88-107)69-61-55-51-47-43-39-35-31-27-23-19-15-11-7-3,108-89-81-102(82-90-108)70-62-56-52-48-44-40-36-32-28-24-20-16-12-8-4)122-124(110)140-130-126-120(138-128(122)130)98-118(136-126)116-94-93-115(134-116)114-92-91-113(133-114)103-71-63-57-64-72-103/h57-58,63-66,71-98H,5-56,59-62,67-70H2,1-4H3. The van der Waals surface area contributed by atoms with Gasteiger partial charge >= 0.3 is 0 Å². The molecule has 0 N–H and O–H groups in total. The molecule has 8 aromatic heterocycles. The Morgan fingerprint density at radius 2 is 0.414 bits per heavy atom. The van der Waals surface area contributed by atoms with Crippen LogP contribution in [-0.4, -0.2) is 0 Å². The fraction of sp³-hybridized carbons (Fsp3) is 0.500. The average Bonchev–Trinajstić information content (AvgIpc) is 1.48. The van der Waals surface area contributed by atoms with Gasteiger partial charge in [-0.1, -0.05) is 519 Å². The van der Waals surface area contributed by atoms with Gasteiger partial charge in [0.2, 0.25) is 0 Å². The van der Waals surface area contributed by atoms with Crippen molar-refractivity contribution in [2.24, 2.45) is 0 Å². The van der Waals surface area contributed by atoms with Gasteiger partial charge < -0.3 is 0 Å². The number of hydrogen-bond acceptors (Lipinski definition) is 8. The minimum absolute atomic E-state index is 0.611. The van der Waals surface area contributed by atoms with E-state index in [-0.39, 0.29) is 0 Å². The van der Waals surface area contributed by atoms with Crippen LogP contribution in [0.3, 0.4) is 0 Å². The molecule has 140 heavy (non-hydrogen) atoms. The Hall–Kier alpha value is -6.82. The molecule has 0 amide bonds. The van der Waals surface area contributed by atoms with E-state index in [2.05, 4.69) is 279 Å². The highest BCUT2D eigenvalue weighted by Crippen LogP contribution is 2.70. The van der Waals surface area contributed by atoms with Gasteiger partial charge in [0, 0.05) is 59.5 Å². The van der Waals surface area contributed by atoms with Crippen LogP contribution in [0.15, 0.2) is 206 Å². The second-order valence-electron chi connectivity index (χ2n) is 42.4. The molecule has 2 aliphatic rings. The smallest absolute Gasteiger partial charge is 0.0736 e. The summed E-state index contributed by atoms with van der Waals surface area (Å²) in [5.74, 6) is 0. The van der Waals surface area contributed by atoms with Crippen molar-refractivity contribution in [1.82, 2.24) is 0 Å². The molecule has 0 fully saturated rings. The van der Waals surface area contributed by atoms with Crippen molar-refractivity contribution in [2.75, 3.05) is 0 Å². The highest BCUT2D eigenvalue weighted by atomic mass is 32.1. The molecule has 2 aliphatic carbocycles. The van der Waals surface area contributed by atoms with E-state index >= 15 is 0 Å². The molecule has 0 aliphatic heterocycles. The summed E-state index contributed by atoms with van der Waals surface area (Å²) in [6.45, 7) is 9.33. The summed E-state index contributed by atoms with van der Waals surface area (Å²) in [6, 6.07) is 84.4. The van der Waals surface area contributed by atoms with Gasteiger partial charge in [0.15, 0.2) is 0 Å². The first-order valence-corrected chi connectivity index (χ1v) is 63.8. The first-order valence-electron chi connectivity index (χ1n) is 57.2. The molecule has 0 radical (unpaired) electrons. The second kappa shape index (κ2) is 55.1. The van der Waals surface area contributed by atoms with Crippen LogP contribution in [0.5, 0.6) is 0 Å². The Labute approximate surface area is 878 Å². The molecule has 0 atom stereocenters. The van der Waals surface area contributed by atoms with Crippen molar-refractivity contribution in [3.63, 3.8) is 0 Å². The summed E-state index contributed by atoms with van der Waals surface area (Å²) >= 11 is 16.4. The van der Waals surface area contributed by atoms with Gasteiger partial charge in [0.05, 0.1) is 39.0 Å². The van der Waals surface area contributed by atoms with Gasteiger partial charge in [-0.3, -0.25) is 0 Å². The zero-order valence-corrected chi connectivity index (χ0v) is 92.9. The van der Waals surface area contributed by atoms with Gasteiger partial charge in [0.25, 0.3) is 0 Å². The van der Waals surface area contributed by atoms with Crippen LogP contribution < -0.4 is 0 Å². The van der Waals surface area contributed by atoms with E-state index in [0.29, 0.717) is 0 Å². The van der Waals surface area contributed by atoms with Crippen molar-refractivity contribution >= 4 is 128 Å². The number of unbranched alkanes of at least 4 members (excludes halogenated alkanes) is 52. The Morgan fingerprint density at radius 1 is 0.179 bits per heavy atom. The molecular weight excluding hydrogens is 1840 g/mol.